The Morgan fingerprint density at radius 3 is 2.42 bits per heavy atom. The number of carbonyl (C=O) groups is 1. The normalized spacial score (nSPS) is 43.9. The first-order valence-electron chi connectivity index (χ1n) is 13.9. The van der Waals surface area contributed by atoms with Crippen molar-refractivity contribution in [2.45, 2.75) is 124 Å². The van der Waals surface area contributed by atoms with Gasteiger partial charge in [-0.15, -0.1) is 0 Å². The SMILES string of the molecule is C=C1[C@@H](OC(C)=O)CC[C@@]2(C)[C@H]1CC[C@@H]1[C@@H]2CC[C@]2(C)[C@@H]([C@H](C)CCCC(C)(C)O)CC[C@@H]12. The molecule has 4 rings (SSSR count). The lowest BCUT2D eigenvalue weighted by molar-refractivity contribution is -0.151. The second-order valence-corrected chi connectivity index (χ2v) is 13.6. The van der Waals surface area contributed by atoms with Crippen LogP contribution in [0.1, 0.15) is 112 Å². The van der Waals surface area contributed by atoms with Crippen LogP contribution in [-0.4, -0.2) is 22.8 Å². The number of hydrogen-bond donors (Lipinski definition) is 1. The van der Waals surface area contributed by atoms with Gasteiger partial charge in [-0.3, -0.25) is 4.79 Å². The summed E-state index contributed by atoms with van der Waals surface area (Å²) >= 11 is 0. The molecule has 0 aliphatic heterocycles. The second kappa shape index (κ2) is 8.99. The fourth-order valence-electron chi connectivity index (χ4n) is 9.64. The van der Waals surface area contributed by atoms with E-state index in [2.05, 4.69) is 27.4 Å². The molecule has 3 heteroatoms. The van der Waals surface area contributed by atoms with Crippen molar-refractivity contribution in [1.82, 2.24) is 0 Å². The first-order chi connectivity index (χ1) is 15.4. The van der Waals surface area contributed by atoms with Crippen molar-refractivity contribution in [1.29, 1.82) is 0 Å². The average molecular weight is 459 g/mol. The lowest BCUT2D eigenvalue weighted by Gasteiger charge is -2.61. The standard InChI is InChI=1S/C30H50O3/c1-19(9-8-16-28(4,5)32)23-12-13-25-22-10-11-24-20(2)27(33-21(3)31)15-18-30(24,7)26(22)14-17-29(23,25)6/h19,22-27,32H,2,8-18H2,1,3-7H3/t19-,22+,23-,24+,25+,26+,27+,29-,30+/m1/s1. The van der Waals surface area contributed by atoms with Gasteiger partial charge in [0.15, 0.2) is 0 Å². The molecule has 3 nitrogen and oxygen atoms in total. The van der Waals surface area contributed by atoms with Gasteiger partial charge < -0.3 is 9.84 Å². The minimum atomic E-state index is -0.535. The van der Waals surface area contributed by atoms with Crippen molar-refractivity contribution in [3.05, 3.63) is 12.2 Å². The van der Waals surface area contributed by atoms with Gasteiger partial charge in [0.1, 0.15) is 6.10 Å². The summed E-state index contributed by atoms with van der Waals surface area (Å²) in [4.78, 5) is 11.6. The monoisotopic (exact) mass is 458 g/mol. The number of aliphatic hydroxyl groups is 1. The number of esters is 1. The van der Waals surface area contributed by atoms with Crippen LogP contribution in [0, 0.1) is 46.3 Å². The zero-order chi connectivity index (χ0) is 24.2. The summed E-state index contributed by atoms with van der Waals surface area (Å²) in [6.45, 7) is 17.6. The molecule has 4 aliphatic carbocycles. The first kappa shape index (κ1) is 25.3. The third kappa shape index (κ3) is 4.57. The van der Waals surface area contributed by atoms with E-state index in [0.717, 1.165) is 48.9 Å². The molecule has 4 aliphatic rings. The van der Waals surface area contributed by atoms with E-state index in [0.29, 0.717) is 16.7 Å². The molecular weight excluding hydrogens is 408 g/mol. The Kier molecular flexibility index (Phi) is 6.89. The Balaban J connectivity index is 1.45. The van der Waals surface area contributed by atoms with Gasteiger partial charge in [0, 0.05) is 6.92 Å². The van der Waals surface area contributed by atoms with Crippen LogP contribution in [0.3, 0.4) is 0 Å². The Morgan fingerprint density at radius 2 is 1.76 bits per heavy atom. The van der Waals surface area contributed by atoms with Crippen molar-refractivity contribution in [2.75, 3.05) is 0 Å². The van der Waals surface area contributed by atoms with E-state index in [1.807, 2.05) is 13.8 Å². The molecular formula is C30H50O3. The summed E-state index contributed by atoms with van der Waals surface area (Å²) < 4.78 is 5.66. The van der Waals surface area contributed by atoms with Crippen LogP contribution in [0.4, 0.5) is 0 Å². The average Bonchev–Trinajstić information content (AvgIpc) is 3.06. The quantitative estimate of drug-likeness (QED) is 0.335. The van der Waals surface area contributed by atoms with Crippen LogP contribution >= 0.6 is 0 Å². The molecule has 33 heavy (non-hydrogen) atoms. The molecule has 188 valence electrons. The highest BCUT2D eigenvalue weighted by Crippen LogP contribution is 2.69. The van der Waals surface area contributed by atoms with Gasteiger partial charge in [-0.1, -0.05) is 40.2 Å². The van der Waals surface area contributed by atoms with Gasteiger partial charge in [-0.05, 0) is 124 Å². The fourth-order valence-corrected chi connectivity index (χ4v) is 9.64. The third-order valence-electron chi connectivity index (χ3n) is 11.2. The molecule has 0 bridgehead atoms. The van der Waals surface area contributed by atoms with Crippen molar-refractivity contribution >= 4 is 5.97 Å². The maximum atomic E-state index is 11.6. The van der Waals surface area contributed by atoms with Gasteiger partial charge in [0.25, 0.3) is 0 Å². The molecule has 0 saturated heterocycles. The highest BCUT2D eigenvalue weighted by molar-refractivity contribution is 5.66. The molecule has 4 fully saturated rings. The Hall–Kier alpha value is -0.830. The molecule has 0 radical (unpaired) electrons. The Labute approximate surface area is 203 Å². The van der Waals surface area contributed by atoms with E-state index < -0.39 is 5.60 Å². The van der Waals surface area contributed by atoms with Crippen molar-refractivity contribution in [3.63, 3.8) is 0 Å². The number of rotatable bonds is 6. The van der Waals surface area contributed by atoms with E-state index in [1.54, 1.807) is 0 Å². The van der Waals surface area contributed by atoms with Gasteiger partial charge in [0.2, 0.25) is 0 Å². The Morgan fingerprint density at radius 1 is 1.09 bits per heavy atom. The predicted octanol–water partition coefficient (Wildman–Crippen LogP) is 7.32. The lowest BCUT2D eigenvalue weighted by Crippen LogP contribution is -2.55. The number of carbonyl (C=O) groups excluding carboxylic acids is 1. The maximum Gasteiger partial charge on any atom is 0.303 e. The van der Waals surface area contributed by atoms with Crippen molar-refractivity contribution in [3.8, 4) is 0 Å². The maximum absolute atomic E-state index is 11.6. The molecule has 0 spiro atoms. The Bertz CT molecular complexity index is 750. The molecule has 9 atom stereocenters. The summed E-state index contributed by atoms with van der Waals surface area (Å²) in [5.41, 5.74) is 1.49. The first-order valence-corrected chi connectivity index (χ1v) is 13.9. The van der Waals surface area contributed by atoms with Gasteiger partial charge >= 0.3 is 5.97 Å². The minimum Gasteiger partial charge on any atom is -0.458 e. The number of hydrogen-bond acceptors (Lipinski definition) is 3. The summed E-state index contributed by atoms with van der Waals surface area (Å²) in [6, 6.07) is 0. The molecule has 0 aromatic carbocycles. The highest BCUT2D eigenvalue weighted by atomic mass is 16.5. The lowest BCUT2D eigenvalue weighted by atomic mass is 9.44. The topological polar surface area (TPSA) is 46.5 Å². The predicted molar refractivity (Wildman–Crippen MR) is 135 cm³/mol. The molecule has 0 heterocycles. The zero-order valence-corrected chi connectivity index (χ0v) is 22.3. The molecule has 0 amide bonds. The van der Waals surface area contributed by atoms with Gasteiger partial charge in [-0.25, -0.2) is 0 Å². The van der Waals surface area contributed by atoms with Crippen LogP contribution < -0.4 is 0 Å². The van der Waals surface area contributed by atoms with Crippen LogP contribution in [0.25, 0.3) is 0 Å². The second-order valence-electron chi connectivity index (χ2n) is 13.6. The van der Waals surface area contributed by atoms with Crippen LogP contribution in [0.5, 0.6) is 0 Å². The van der Waals surface area contributed by atoms with E-state index in [4.69, 9.17) is 4.74 Å². The molecule has 0 unspecified atom stereocenters. The molecule has 0 aromatic heterocycles. The van der Waals surface area contributed by atoms with E-state index in [9.17, 15) is 9.90 Å². The summed E-state index contributed by atoms with van der Waals surface area (Å²) in [6.07, 6.45) is 13.5. The largest absolute Gasteiger partial charge is 0.458 e. The summed E-state index contributed by atoms with van der Waals surface area (Å²) in [5, 5.41) is 10.1. The molecule has 4 saturated carbocycles. The van der Waals surface area contributed by atoms with Crippen LogP contribution in [0.2, 0.25) is 0 Å². The highest BCUT2D eigenvalue weighted by Gasteiger charge is 2.61. The number of ether oxygens (including phenoxy) is 1. The van der Waals surface area contributed by atoms with Crippen molar-refractivity contribution in [2.24, 2.45) is 46.3 Å². The third-order valence-corrected chi connectivity index (χ3v) is 11.2. The molecule has 0 aromatic rings. The number of fused-ring (bicyclic) bond motifs is 5. The van der Waals surface area contributed by atoms with Crippen LogP contribution in [0.15, 0.2) is 12.2 Å². The fraction of sp³-hybridized carbons (Fsp3) is 0.900. The summed E-state index contributed by atoms with van der Waals surface area (Å²) in [7, 11) is 0. The zero-order valence-electron chi connectivity index (χ0n) is 22.3. The van der Waals surface area contributed by atoms with Gasteiger partial charge in [0.05, 0.1) is 5.60 Å². The summed E-state index contributed by atoms with van der Waals surface area (Å²) in [5.74, 6) is 4.47. The minimum absolute atomic E-state index is 0.0633. The molecule has 1 N–H and O–H groups in total. The van der Waals surface area contributed by atoms with E-state index in [1.165, 1.54) is 63.9 Å². The van der Waals surface area contributed by atoms with Gasteiger partial charge in [-0.2, -0.15) is 0 Å². The smallest absolute Gasteiger partial charge is 0.303 e. The van der Waals surface area contributed by atoms with E-state index >= 15 is 0 Å². The van der Waals surface area contributed by atoms with Crippen molar-refractivity contribution < 1.29 is 14.6 Å². The van der Waals surface area contributed by atoms with E-state index in [-0.39, 0.29) is 12.1 Å². The van der Waals surface area contributed by atoms with Crippen LogP contribution in [-0.2, 0) is 9.53 Å².